The van der Waals surface area contributed by atoms with Crippen LogP contribution in [0.5, 0.6) is 0 Å². The Bertz CT molecular complexity index is 782. The number of fused-ring (bicyclic) bond motifs is 1. The summed E-state index contributed by atoms with van der Waals surface area (Å²) in [5, 5.41) is 9.10. The zero-order valence-corrected chi connectivity index (χ0v) is 11.6. The quantitative estimate of drug-likeness (QED) is 0.789. The minimum absolute atomic E-state index is 0.468. The van der Waals surface area contributed by atoms with Crippen LogP contribution in [0.1, 0.15) is 17.7 Å². The zero-order valence-electron chi connectivity index (χ0n) is 11.6. The third-order valence-electron chi connectivity index (χ3n) is 3.58. The molecule has 3 aromatic rings. The van der Waals surface area contributed by atoms with Gasteiger partial charge in [-0.3, -0.25) is 5.41 Å². The summed E-state index contributed by atoms with van der Waals surface area (Å²) in [5.74, 6) is 0.831. The molecule has 104 valence electrons. The van der Waals surface area contributed by atoms with Crippen molar-refractivity contribution in [1.29, 1.82) is 5.41 Å². The van der Waals surface area contributed by atoms with E-state index >= 15 is 0 Å². The summed E-state index contributed by atoms with van der Waals surface area (Å²) in [5.41, 5.74) is 2.02. The average molecular weight is 271 g/mol. The molecule has 0 aromatic carbocycles. The molecule has 0 amide bonds. The first-order chi connectivity index (χ1) is 9.66. The summed E-state index contributed by atoms with van der Waals surface area (Å²) in [6.45, 7) is 5.51. The molecule has 0 aliphatic heterocycles. The van der Waals surface area contributed by atoms with Crippen LogP contribution in [0.25, 0.3) is 11.1 Å². The van der Waals surface area contributed by atoms with Crippen molar-refractivity contribution >= 4 is 11.1 Å². The second kappa shape index (κ2) is 4.96. The highest BCUT2D eigenvalue weighted by molar-refractivity contribution is 5.76. The molecular weight excluding hydrogens is 254 g/mol. The van der Waals surface area contributed by atoms with Gasteiger partial charge in [-0.05, 0) is 20.3 Å². The minimum Gasteiger partial charge on any atom is -0.443 e. The van der Waals surface area contributed by atoms with E-state index in [1.54, 1.807) is 18.9 Å². The van der Waals surface area contributed by atoms with Gasteiger partial charge < -0.3 is 13.6 Å². The molecule has 0 aliphatic carbocycles. The maximum absolute atomic E-state index is 8.29. The maximum Gasteiger partial charge on any atom is 0.231 e. The molecule has 0 unspecified atom stereocenters. The zero-order chi connectivity index (χ0) is 14.1. The van der Waals surface area contributed by atoms with Gasteiger partial charge in [0.1, 0.15) is 17.6 Å². The van der Waals surface area contributed by atoms with Crippen molar-refractivity contribution in [3.63, 3.8) is 0 Å². The van der Waals surface area contributed by atoms with Gasteiger partial charge >= 0.3 is 0 Å². The van der Waals surface area contributed by atoms with Crippen LogP contribution >= 0.6 is 0 Å². The third-order valence-corrected chi connectivity index (χ3v) is 3.58. The maximum atomic E-state index is 8.29. The Morgan fingerprint density at radius 2 is 2.10 bits per heavy atom. The molecular formula is C14H17N5O. The number of furan rings is 1. The lowest BCUT2D eigenvalue weighted by Crippen LogP contribution is -2.21. The number of aromatic nitrogens is 4. The second-order valence-corrected chi connectivity index (χ2v) is 4.90. The Labute approximate surface area is 116 Å². The first kappa shape index (κ1) is 12.7. The third kappa shape index (κ3) is 2.13. The number of imidazole rings is 1. The van der Waals surface area contributed by atoms with Gasteiger partial charge in [0.25, 0.3) is 0 Å². The highest BCUT2D eigenvalue weighted by Crippen LogP contribution is 2.18. The first-order valence-electron chi connectivity index (χ1n) is 6.62. The molecule has 0 saturated carbocycles. The highest BCUT2D eigenvalue weighted by Gasteiger charge is 2.11. The molecule has 6 heteroatoms. The minimum atomic E-state index is 0.468. The smallest absolute Gasteiger partial charge is 0.231 e. The van der Waals surface area contributed by atoms with Gasteiger partial charge in [0.2, 0.25) is 5.71 Å². The van der Waals surface area contributed by atoms with Crippen molar-refractivity contribution in [2.75, 3.05) is 0 Å². The molecule has 0 spiro atoms. The van der Waals surface area contributed by atoms with Gasteiger partial charge in [0.05, 0.1) is 11.7 Å². The Balaban J connectivity index is 1.83. The van der Waals surface area contributed by atoms with Crippen LogP contribution in [0.4, 0.5) is 0 Å². The first-order valence-corrected chi connectivity index (χ1v) is 6.62. The predicted octanol–water partition coefficient (Wildman–Crippen LogP) is 2.01. The molecule has 0 bridgehead atoms. The van der Waals surface area contributed by atoms with Gasteiger partial charge in [0, 0.05) is 31.0 Å². The Hall–Kier alpha value is -2.37. The van der Waals surface area contributed by atoms with Crippen LogP contribution in [0.15, 0.2) is 29.5 Å². The van der Waals surface area contributed by atoms with Crippen molar-refractivity contribution in [1.82, 2.24) is 19.1 Å². The summed E-state index contributed by atoms with van der Waals surface area (Å²) >= 11 is 0. The van der Waals surface area contributed by atoms with E-state index in [1.807, 2.05) is 29.2 Å². The fourth-order valence-corrected chi connectivity index (χ4v) is 2.31. The Morgan fingerprint density at radius 1 is 1.25 bits per heavy atom. The summed E-state index contributed by atoms with van der Waals surface area (Å²) in [6.07, 6.45) is 8.12. The number of rotatable bonds is 4. The van der Waals surface area contributed by atoms with E-state index < -0.39 is 0 Å². The molecule has 0 fully saturated rings. The number of nitrogens with one attached hydrogen (secondary N) is 1. The summed E-state index contributed by atoms with van der Waals surface area (Å²) in [7, 11) is 0. The number of aryl methyl sites for hydroxylation is 4. The summed E-state index contributed by atoms with van der Waals surface area (Å²) in [6, 6.07) is 0. The molecule has 0 atom stereocenters. The molecule has 6 nitrogen and oxygen atoms in total. The summed E-state index contributed by atoms with van der Waals surface area (Å²) < 4.78 is 9.43. The number of nitrogens with zero attached hydrogens (tertiary/aromatic N) is 4. The van der Waals surface area contributed by atoms with E-state index in [0.717, 1.165) is 36.2 Å². The molecule has 20 heavy (non-hydrogen) atoms. The SMILES string of the molecule is Cc1oc2ncn(CCCn3ccnc3)c(=N)c2c1C. The predicted molar refractivity (Wildman–Crippen MR) is 74.2 cm³/mol. The van der Waals surface area contributed by atoms with Gasteiger partial charge in [-0.2, -0.15) is 0 Å². The fraction of sp³-hybridized carbons (Fsp3) is 0.357. The highest BCUT2D eigenvalue weighted by atomic mass is 16.3. The summed E-state index contributed by atoms with van der Waals surface area (Å²) in [4.78, 5) is 8.31. The molecule has 1 N–H and O–H groups in total. The number of hydrogen-bond donors (Lipinski definition) is 1. The van der Waals surface area contributed by atoms with Crippen molar-refractivity contribution in [3.8, 4) is 0 Å². The normalized spacial score (nSPS) is 11.3. The van der Waals surface area contributed by atoms with Gasteiger partial charge in [-0.15, -0.1) is 0 Å². The van der Waals surface area contributed by atoms with Crippen LogP contribution in [-0.2, 0) is 13.1 Å². The van der Waals surface area contributed by atoms with E-state index in [-0.39, 0.29) is 0 Å². The van der Waals surface area contributed by atoms with Crippen molar-refractivity contribution < 1.29 is 4.42 Å². The molecule has 0 aliphatic rings. The average Bonchev–Trinajstić information content (AvgIpc) is 3.02. The van der Waals surface area contributed by atoms with Crippen LogP contribution < -0.4 is 5.49 Å². The molecule has 3 rings (SSSR count). The van der Waals surface area contributed by atoms with E-state index in [0.29, 0.717) is 11.2 Å². The van der Waals surface area contributed by atoms with Crippen LogP contribution in [-0.4, -0.2) is 19.1 Å². The van der Waals surface area contributed by atoms with E-state index in [9.17, 15) is 0 Å². The lowest BCUT2D eigenvalue weighted by molar-refractivity contribution is 0.534. The van der Waals surface area contributed by atoms with Gasteiger partial charge in [-0.1, -0.05) is 0 Å². The van der Waals surface area contributed by atoms with Gasteiger partial charge in [0.15, 0.2) is 0 Å². The molecule has 3 heterocycles. The van der Waals surface area contributed by atoms with Crippen molar-refractivity contribution in [2.45, 2.75) is 33.4 Å². The molecule has 0 radical (unpaired) electrons. The molecule has 3 aromatic heterocycles. The fourth-order valence-electron chi connectivity index (χ4n) is 2.31. The standard InChI is InChI=1S/C14H17N5O/c1-10-11(2)20-14-12(10)13(15)19(9-17-14)6-3-5-18-7-4-16-8-18/h4,7-9,15H,3,5-6H2,1-2H3. The topological polar surface area (TPSA) is 72.6 Å². The second-order valence-electron chi connectivity index (χ2n) is 4.90. The van der Waals surface area contributed by atoms with Gasteiger partial charge in [-0.25, -0.2) is 9.97 Å². The van der Waals surface area contributed by atoms with Crippen molar-refractivity contribution in [3.05, 3.63) is 41.9 Å². The lowest BCUT2D eigenvalue weighted by atomic mass is 10.2. The van der Waals surface area contributed by atoms with E-state index in [2.05, 4.69) is 9.97 Å². The lowest BCUT2D eigenvalue weighted by Gasteiger charge is -2.07. The number of hydrogen-bond acceptors (Lipinski definition) is 4. The van der Waals surface area contributed by atoms with Crippen LogP contribution in [0.2, 0.25) is 0 Å². The monoisotopic (exact) mass is 271 g/mol. The molecule has 0 saturated heterocycles. The van der Waals surface area contributed by atoms with Crippen molar-refractivity contribution in [2.24, 2.45) is 0 Å². The van der Waals surface area contributed by atoms with E-state index in [1.165, 1.54) is 0 Å². The van der Waals surface area contributed by atoms with E-state index in [4.69, 9.17) is 9.83 Å². The largest absolute Gasteiger partial charge is 0.443 e. The Morgan fingerprint density at radius 3 is 2.85 bits per heavy atom. The Kier molecular flexibility index (Phi) is 3.14. The van der Waals surface area contributed by atoms with Crippen LogP contribution in [0.3, 0.4) is 0 Å². The van der Waals surface area contributed by atoms with Crippen LogP contribution in [0, 0.1) is 19.3 Å².